The van der Waals surface area contributed by atoms with Gasteiger partial charge >= 0.3 is 0 Å². The molecule has 0 bridgehead atoms. The molecule has 9 heavy (non-hydrogen) atoms. The smallest absolute Gasteiger partial charge is 0.00956 e. The number of hydrogen-bond acceptors (Lipinski definition) is 1. The second kappa shape index (κ2) is 2.30. The van der Waals surface area contributed by atoms with E-state index in [1.807, 2.05) is 0 Å². The van der Waals surface area contributed by atoms with Gasteiger partial charge in [0.15, 0.2) is 0 Å². The molecule has 1 nitrogen and oxygen atoms in total. The second-order valence-corrected chi connectivity index (χ2v) is 3.70. The van der Waals surface area contributed by atoms with Gasteiger partial charge in [-0.2, -0.15) is 0 Å². The Morgan fingerprint density at radius 1 is 1.44 bits per heavy atom. The fourth-order valence-corrected chi connectivity index (χ4v) is 1.69. The van der Waals surface area contributed by atoms with Crippen LogP contribution in [0.1, 0.15) is 27.2 Å². The van der Waals surface area contributed by atoms with E-state index in [0.29, 0.717) is 6.04 Å². The minimum Gasteiger partial charge on any atom is -0.327 e. The van der Waals surface area contributed by atoms with Gasteiger partial charge in [0.05, 0.1) is 0 Å². The van der Waals surface area contributed by atoms with Crippen molar-refractivity contribution in [2.75, 3.05) is 0 Å². The minimum absolute atomic E-state index is 0.491. The first-order chi connectivity index (χ1) is 4.13. The van der Waals surface area contributed by atoms with E-state index in [0.717, 1.165) is 17.8 Å². The Balaban J connectivity index is 2.33. The molecule has 3 atom stereocenters. The molecule has 1 aliphatic rings. The normalized spacial score (nSPS) is 43.0. The molecule has 0 heterocycles. The third kappa shape index (κ3) is 1.11. The second-order valence-electron chi connectivity index (χ2n) is 3.70. The minimum atomic E-state index is 0.491. The standard InChI is InChI=1S/C8H17N/c1-5(2)7-4-6(3)8(7)9/h5-8H,4,9H2,1-3H3/t6?,7-,8-/m0/s1. The van der Waals surface area contributed by atoms with Crippen LogP contribution >= 0.6 is 0 Å². The molecule has 1 aliphatic carbocycles. The zero-order valence-electron chi connectivity index (χ0n) is 6.59. The summed E-state index contributed by atoms with van der Waals surface area (Å²) in [5, 5.41) is 0. The molecule has 2 N–H and O–H groups in total. The molecule has 0 aromatic rings. The highest BCUT2D eigenvalue weighted by molar-refractivity contribution is 4.91. The van der Waals surface area contributed by atoms with Gasteiger partial charge in [0.1, 0.15) is 0 Å². The first kappa shape index (κ1) is 7.07. The van der Waals surface area contributed by atoms with E-state index in [1.165, 1.54) is 6.42 Å². The highest BCUT2D eigenvalue weighted by Crippen LogP contribution is 2.36. The van der Waals surface area contributed by atoms with Crippen LogP contribution in [0.25, 0.3) is 0 Å². The quantitative estimate of drug-likeness (QED) is 0.569. The van der Waals surface area contributed by atoms with Gasteiger partial charge in [-0.25, -0.2) is 0 Å². The van der Waals surface area contributed by atoms with Gasteiger partial charge in [-0.05, 0) is 24.2 Å². The van der Waals surface area contributed by atoms with Crippen LogP contribution in [0, 0.1) is 17.8 Å². The fourth-order valence-electron chi connectivity index (χ4n) is 1.69. The molecule has 1 saturated carbocycles. The van der Waals surface area contributed by atoms with Gasteiger partial charge in [-0.1, -0.05) is 20.8 Å². The molecule has 0 radical (unpaired) electrons. The highest BCUT2D eigenvalue weighted by Gasteiger charge is 2.36. The summed E-state index contributed by atoms with van der Waals surface area (Å²) in [5.74, 6) is 2.37. The molecule has 0 aromatic heterocycles. The first-order valence-electron chi connectivity index (χ1n) is 3.88. The van der Waals surface area contributed by atoms with Crippen LogP contribution in [-0.2, 0) is 0 Å². The van der Waals surface area contributed by atoms with Crippen molar-refractivity contribution in [1.82, 2.24) is 0 Å². The summed E-state index contributed by atoms with van der Waals surface area (Å²) in [6.07, 6.45) is 1.35. The zero-order valence-corrected chi connectivity index (χ0v) is 6.59. The highest BCUT2D eigenvalue weighted by atomic mass is 14.7. The molecular weight excluding hydrogens is 110 g/mol. The molecule has 0 aromatic carbocycles. The van der Waals surface area contributed by atoms with Crippen LogP contribution in [0.2, 0.25) is 0 Å². The summed E-state index contributed by atoms with van der Waals surface area (Å²) in [6.45, 7) is 6.76. The summed E-state index contributed by atoms with van der Waals surface area (Å²) in [7, 11) is 0. The lowest BCUT2D eigenvalue weighted by Crippen LogP contribution is -2.49. The fraction of sp³-hybridized carbons (Fsp3) is 1.00. The molecule has 1 fully saturated rings. The average molecular weight is 127 g/mol. The molecule has 0 spiro atoms. The van der Waals surface area contributed by atoms with E-state index in [2.05, 4.69) is 20.8 Å². The van der Waals surface area contributed by atoms with Crippen molar-refractivity contribution in [2.24, 2.45) is 23.5 Å². The van der Waals surface area contributed by atoms with Gasteiger partial charge in [0.25, 0.3) is 0 Å². The first-order valence-corrected chi connectivity index (χ1v) is 3.88. The van der Waals surface area contributed by atoms with E-state index >= 15 is 0 Å². The lowest BCUT2D eigenvalue weighted by atomic mass is 9.66. The molecule has 0 aliphatic heterocycles. The molecular formula is C8H17N. The van der Waals surface area contributed by atoms with Gasteiger partial charge < -0.3 is 5.73 Å². The van der Waals surface area contributed by atoms with Crippen LogP contribution in [0.15, 0.2) is 0 Å². The van der Waals surface area contributed by atoms with E-state index in [9.17, 15) is 0 Å². The van der Waals surface area contributed by atoms with Gasteiger partial charge in [-0.15, -0.1) is 0 Å². The molecule has 0 saturated heterocycles. The van der Waals surface area contributed by atoms with Crippen LogP contribution in [-0.4, -0.2) is 6.04 Å². The van der Waals surface area contributed by atoms with Crippen molar-refractivity contribution < 1.29 is 0 Å². The molecule has 1 unspecified atom stereocenters. The lowest BCUT2D eigenvalue weighted by Gasteiger charge is -2.43. The summed E-state index contributed by atoms with van der Waals surface area (Å²) >= 11 is 0. The van der Waals surface area contributed by atoms with Crippen LogP contribution in [0.5, 0.6) is 0 Å². The summed E-state index contributed by atoms with van der Waals surface area (Å²) < 4.78 is 0. The third-order valence-corrected chi connectivity index (χ3v) is 2.65. The van der Waals surface area contributed by atoms with Crippen molar-refractivity contribution in [2.45, 2.75) is 33.2 Å². The molecule has 1 heteroatoms. The van der Waals surface area contributed by atoms with Gasteiger partial charge in [0, 0.05) is 6.04 Å². The van der Waals surface area contributed by atoms with Crippen LogP contribution in [0.3, 0.4) is 0 Å². The van der Waals surface area contributed by atoms with Crippen molar-refractivity contribution in [3.8, 4) is 0 Å². The Kier molecular flexibility index (Phi) is 1.80. The summed E-state index contributed by atoms with van der Waals surface area (Å²) in [4.78, 5) is 0. The Labute approximate surface area is 57.6 Å². The maximum atomic E-state index is 5.87. The van der Waals surface area contributed by atoms with Crippen molar-refractivity contribution >= 4 is 0 Å². The predicted octanol–water partition coefficient (Wildman–Crippen LogP) is 1.63. The van der Waals surface area contributed by atoms with Crippen LogP contribution < -0.4 is 5.73 Å². The number of rotatable bonds is 1. The average Bonchev–Trinajstić information content (AvgIpc) is 1.81. The van der Waals surface area contributed by atoms with E-state index in [4.69, 9.17) is 5.73 Å². The van der Waals surface area contributed by atoms with Crippen LogP contribution in [0.4, 0.5) is 0 Å². The topological polar surface area (TPSA) is 26.0 Å². The van der Waals surface area contributed by atoms with Crippen molar-refractivity contribution in [1.29, 1.82) is 0 Å². The lowest BCUT2D eigenvalue weighted by molar-refractivity contribution is 0.114. The molecule has 54 valence electrons. The number of hydrogen-bond donors (Lipinski definition) is 1. The monoisotopic (exact) mass is 127 g/mol. The Morgan fingerprint density at radius 3 is 2.11 bits per heavy atom. The van der Waals surface area contributed by atoms with E-state index in [-0.39, 0.29) is 0 Å². The van der Waals surface area contributed by atoms with Gasteiger partial charge in [0.2, 0.25) is 0 Å². The van der Waals surface area contributed by atoms with E-state index in [1.54, 1.807) is 0 Å². The Morgan fingerprint density at radius 2 is 2.00 bits per heavy atom. The van der Waals surface area contributed by atoms with Crippen molar-refractivity contribution in [3.63, 3.8) is 0 Å². The van der Waals surface area contributed by atoms with Crippen molar-refractivity contribution in [3.05, 3.63) is 0 Å². The third-order valence-electron chi connectivity index (χ3n) is 2.65. The van der Waals surface area contributed by atoms with E-state index < -0.39 is 0 Å². The zero-order chi connectivity index (χ0) is 7.02. The molecule has 1 rings (SSSR count). The SMILES string of the molecule is CC1C[C@@H](C(C)C)[C@H]1N. The maximum absolute atomic E-state index is 5.87. The summed E-state index contributed by atoms with van der Waals surface area (Å²) in [5.41, 5.74) is 5.87. The Hall–Kier alpha value is -0.0400. The molecule has 0 amide bonds. The largest absolute Gasteiger partial charge is 0.327 e. The Bertz CT molecular complexity index is 98.7. The summed E-state index contributed by atoms with van der Waals surface area (Å²) in [6, 6.07) is 0.491. The van der Waals surface area contributed by atoms with Gasteiger partial charge in [-0.3, -0.25) is 0 Å². The predicted molar refractivity (Wildman–Crippen MR) is 40.1 cm³/mol. The number of nitrogens with two attached hydrogens (primary N) is 1. The maximum Gasteiger partial charge on any atom is 0.00956 e.